The summed E-state index contributed by atoms with van der Waals surface area (Å²) in [6, 6.07) is 9.66. The number of fused-ring (bicyclic) bond motifs is 1. The molecule has 30 heavy (non-hydrogen) atoms. The third-order valence-electron chi connectivity index (χ3n) is 4.60. The second-order valence-electron chi connectivity index (χ2n) is 6.77. The fourth-order valence-corrected chi connectivity index (χ4v) is 4.17. The maximum Gasteiger partial charge on any atom is 0.293 e. The number of aromatic nitrogens is 1. The van der Waals surface area contributed by atoms with E-state index in [4.69, 9.17) is 10.2 Å². The van der Waals surface area contributed by atoms with E-state index in [1.54, 1.807) is 36.4 Å². The van der Waals surface area contributed by atoms with Gasteiger partial charge in [0.05, 0.1) is 18.5 Å². The lowest BCUT2D eigenvalue weighted by molar-refractivity contribution is -0.117. The molecule has 4 N–H and O–H groups in total. The first-order valence-electron chi connectivity index (χ1n) is 9.23. The lowest BCUT2D eigenvalue weighted by Crippen LogP contribution is -2.36. The van der Waals surface area contributed by atoms with Gasteiger partial charge in [0.15, 0.2) is 10.9 Å². The second kappa shape index (κ2) is 8.47. The summed E-state index contributed by atoms with van der Waals surface area (Å²) in [6.45, 7) is 1.50. The third-order valence-corrected chi connectivity index (χ3v) is 5.59. The Morgan fingerprint density at radius 1 is 1.17 bits per heavy atom. The standard InChI is InChI=1S/C20H19N5O4S/c21-18(27)12-3-5-13(6-4-12)22-17(26)11-25-8-7-14-16(10-25)30-20(23-14)24-19(28)15-2-1-9-29-15/h1-6,9H,7-8,10-11H2,(H2,21,27)(H,22,26)(H,23,24,28). The van der Waals surface area contributed by atoms with Crippen LogP contribution in [0.3, 0.4) is 0 Å². The highest BCUT2D eigenvalue weighted by atomic mass is 32.1. The van der Waals surface area contributed by atoms with Crippen LogP contribution in [0.25, 0.3) is 0 Å². The zero-order valence-electron chi connectivity index (χ0n) is 15.9. The second-order valence-corrected chi connectivity index (χ2v) is 7.85. The molecule has 9 nitrogen and oxygen atoms in total. The smallest absolute Gasteiger partial charge is 0.293 e. The molecule has 0 saturated heterocycles. The van der Waals surface area contributed by atoms with Crippen molar-refractivity contribution in [1.29, 1.82) is 0 Å². The van der Waals surface area contributed by atoms with E-state index in [0.29, 0.717) is 35.9 Å². The number of furan rings is 1. The molecular weight excluding hydrogens is 406 g/mol. The van der Waals surface area contributed by atoms with Crippen molar-refractivity contribution in [2.75, 3.05) is 23.7 Å². The molecule has 3 amide bonds. The van der Waals surface area contributed by atoms with Crippen LogP contribution in [-0.4, -0.2) is 40.7 Å². The minimum absolute atomic E-state index is 0.152. The van der Waals surface area contributed by atoms with E-state index in [9.17, 15) is 14.4 Å². The summed E-state index contributed by atoms with van der Waals surface area (Å²) in [4.78, 5) is 43.1. The third kappa shape index (κ3) is 4.56. The molecule has 3 heterocycles. The first-order chi connectivity index (χ1) is 14.5. The lowest BCUT2D eigenvalue weighted by Gasteiger charge is -2.25. The topological polar surface area (TPSA) is 131 Å². The number of hydrogen-bond acceptors (Lipinski definition) is 7. The molecule has 0 aliphatic carbocycles. The Labute approximate surface area is 175 Å². The van der Waals surface area contributed by atoms with Crippen molar-refractivity contribution in [2.45, 2.75) is 13.0 Å². The summed E-state index contributed by atoms with van der Waals surface area (Å²) in [5.41, 5.74) is 7.14. The van der Waals surface area contributed by atoms with Gasteiger partial charge in [-0.05, 0) is 36.4 Å². The zero-order chi connectivity index (χ0) is 21.1. The van der Waals surface area contributed by atoms with Gasteiger partial charge in [0.25, 0.3) is 5.91 Å². The van der Waals surface area contributed by atoms with E-state index in [-0.39, 0.29) is 24.1 Å². The molecule has 3 aromatic rings. The van der Waals surface area contributed by atoms with Crippen molar-refractivity contribution in [2.24, 2.45) is 5.73 Å². The molecule has 2 aromatic heterocycles. The maximum absolute atomic E-state index is 12.4. The number of amides is 3. The summed E-state index contributed by atoms with van der Waals surface area (Å²) in [5, 5.41) is 6.08. The van der Waals surface area contributed by atoms with Crippen molar-refractivity contribution >= 4 is 39.9 Å². The van der Waals surface area contributed by atoms with E-state index < -0.39 is 5.91 Å². The average molecular weight is 425 g/mol. The van der Waals surface area contributed by atoms with Crippen LogP contribution in [-0.2, 0) is 17.8 Å². The number of carbonyl (C=O) groups excluding carboxylic acids is 3. The molecule has 154 valence electrons. The molecule has 1 aliphatic rings. The van der Waals surface area contributed by atoms with E-state index in [0.717, 1.165) is 10.6 Å². The van der Waals surface area contributed by atoms with Gasteiger partial charge >= 0.3 is 0 Å². The van der Waals surface area contributed by atoms with E-state index in [2.05, 4.69) is 15.6 Å². The quantitative estimate of drug-likeness (QED) is 0.554. The maximum atomic E-state index is 12.4. The van der Waals surface area contributed by atoms with Crippen LogP contribution in [0.4, 0.5) is 10.8 Å². The molecule has 0 bridgehead atoms. The highest BCUT2D eigenvalue weighted by molar-refractivity contribution is 7.15. The van der Waals surface area contributed by atoms with Crippen LogP contribution in [0.5, 0.6) is 0 Å². The van der Waals surface area contributed by atoms with Crippen molar-refractivity contribution in [3.05, 3.63) is 64.6 Å². The van der Waals surface area contributed by atoms with Crippen LogP contribution in [0.1, 0.15) is 31.5 Å². The lowest BCUT2D eigenvalue weighted by atomic mass is 10.2. The van der Waals surface area contributed by atoms with Gasteiger partial charge in [0.2, 0.25) is 11.8 Å². The van der Waals surface area contributed by atoms with Gasteiger partial charge in [-0.15, -0.1) is 11.3 Å². The molecule has 1 aliphatic heterocycles. The van der Waals surface area contributed by atoms with E-state index in [1.807, 2.05) is 4.90 Å². The van der Waals surface area contributed by atoms with E-state index >= 15 is 0 Å². The Kier molecular flexibility index (Phi) is 5.59. The zero-order valence-corrected chi connectivity index (χ0v) is 16.7. The number of anilines is 2. The highest BCUT2D eigenvalue weighted by Gasteiger charge is 2.23. The van der Waals surface area contributed by atoms with Crippen molar-refractivity contribution in [3.8, 4) is 0 Å². The van der Waals surface area contributed by atoms with Gasteiger partial charge < -0.3 is 15.5 Å². The number of carbonyl (C=O) groups is 3. The summed E-state index contributed by atoms with van der Waals surface area (Å²) in [7, 11) is 0. The normalized spacial score (nSPS) is 13.5. The Morgan fingerprint density at radius 2 is 1.97 bits per heavy atom. The highest BCUT2D eigenvalue weighted by Crippen LogP contribution is 2.28. The van der Waals surface area contributed by atoms with Gasteiger partial charge in [0.1, 0.15) is 0 Å². The van der Waals surface area contributed by atoms with Crippen LogP contribution in [0, 0.1) is 0 Å². The number of rotatable bonds is 6. The number of nitrogens with two attached hydrogens (primary N) is 1. The van der Waals surface area contributed by atoms with Crippen LogP contribution < -0.4 is 16.4 Å². The van der Waals surface area contributed by atoms with Crippen LogP contribution in [0.15, 0.2) is 47.1 Å². The van der Waals surface area contributed by atoms with Crippen molar-refractivity contribution in [1.82, 2.24) is 9.88 Å². The first-order valence-corrected chi connectivity index (χ1v) is 10.0. The SMILES string of the molecule is NC(=O)c1ccc(NC(=O)CN2CCc3nc(NC(=O)c4ccco4)sc3C2)cc1. The van der Waals surface area contributed by atoms with Crippen molar-refractivity contribution < 1.29 is 18.8 Å². The Bertz CT molecular complexity index is 1080. The number of thiazole rings is 1. The Balaban J connectivity index is 1.32. The minimum atomic E-state index is -0.513. The molecule has 4 rings (SSSR count). The number of hydrogen-bond donors (Lipinski definition) is 3. The molecule has 10 heteroatoms. The van der Waals surface area contributed by atoms with E-state index in [1.165, 1.54) is 17.6 Å². The summed E-state index contributed by atoms with van der Waals surface area (Å²) >= 11 is 1.40. The molecule has 0 atom stereocenters. The summed E-state index contributed by atoms with van der Waals surface area (Å²) < 4.78 is 5.09. The molecule has 0 fully saturated rings. The Hall–Kier alpha value is -3.50. The molecule has 1 aromatic carbocycles. The van der Waals surface area contributed by atoms with Gasteiger partial charge in [0, 0.05) is 35.6 Å². The average Bonchev–Trinajstić information content (AvgIpc) is 3.37. The molecule has 0 spiro atoms. The predicted molar refractivity (Wildman–Crippen MR) is 111 cm³/mol. The Morgan fingerprint density at radius 3 is 2.67 bits per heavy atom. The summed E-state index contributed by atoms with van der Waals surface area (Å²) in [5.74, 6) is -0.780. The predicted octanol–water partition coefficient (Wildman–Crippen LogP) is 2.08. The molecule has 0 saturated carbocycles. The van der Waals surface area contributed by atoms with Crippen LogP contribution >= 0.6 is 11.3 Å². The van der Waals surface area contributed by atoms with Crippen LogP contribution in [0.2, 0.25) is 0 Å². The van der Waals surface area contributed by atoms with Gasteiger partial charge in [-0.2, -0.15) is 0 Å². The number of primary amides is 1. The number of benzene rings is 1. The largest absolute Gasteiger partial charge is 0.459 e. The first kappa shape index (κ1) is 19.8. The monoisotopic (exact) mass is 425 g/mol. The van der Waals surface area contributed by atoms with Gasteiger partial charge in [-0.3, -0.25) is 24.6 Å². The minimum Gasteiger partial charge on any atom is -0.459 e. The molecule has 0 radical (unpaired) electrons. The summed E-state index contributed by atoms with van der Waals surface area (Å²) in [6.07, 6.45) is 2.14. The number of nitrogens with zero attached hydrogens (tertiary/aromatic N) is 2. The number of nitrogens with one attached hydrogen (secondary N) is 2. The fraction of sp³-hybridized carbons (Fsp3) is 0.200. The van der Waals surface area contributed by atoms with Gasteiger partial charge in [-0.25, -0.2) is 4.98 Å². The molecule has 0 unspecified atom stereocenters. The van der Waals surface area contributed by atoms with Crippen molar-refractivity contribution in [3.63, 3.8) is 0 Å². The molecular formula is C20H19N5O4S. The fourth-order valence-electron chi connectivity index (χ4n) is 3.12. The van der Waals surface area contributed by atoms with Gasteiger partial charge in [-0.1, -0.05) is 0 Å².